The Morgan fingerprint density at radius 1 is 1.12 bits per heavy atom. The van der Waals surface area contributed by atoms with Gasteiger partial charge in [-0.05, 0) is 43.3 Å². The van der Waals surface area contributed by atoms with E-state index >= 15 is 0 Å². The highest BCUT2D eigenvalue weighted by atomic mass is 16.5. The molecule has 3 rings (SSSR count). The van der Waals surface area contributed by atoms with Gasteiger partial charge in [0.05, 0.1) is 25.0 Å². The molecule has 0 radical (unpaired) electrons. The molecule has 1 aliphatic heterocycles. The number of anilines is 1. The van der Waals surface area contributed by atoms with Gasteiger partial charge < -0.3 is 24.3 Å². The zero-order valence-electron chi connectivity index (χ0n) is 14.8. The second-order valence-corrected chi connectivity index (χ2v) is 5.98. The van der Waals surface area contributed by atoms with E-state index < -0.39 is 0 Å². The van der Waals surface area contributed by atoms with E-state index in [4.69, 9.17) is 9.15 Å². The van der Waals surface area contributed by atoms with Crippen LogP contribution >= 0.6 is 0 Å². The van der Waals surface area contributed by atoms with Crippen LogP contribution < -0.4 is 10.2 Å². The first kappa shape index (κ1) is 17.8. The van der Waals surface area contributed by atoms with E-state index in [1.807, 2.05) is 18.2 Å². The molecular formula is C19H23N3O4. The minimum Gasteiger partial charge on any atom is -0.467 e. The molecule has 7 nitrogen and oxygen atoms in total. The summed E-state index contributed by atoms with van der Waals surface area (Å²) in [5.74, 6) is 0.427. The fourth-order valence-electron chi connectivity index (χ4n) is 2.88. The Bertz CT molecular complexity index is 720. The molecule has 0 spiro atoms. The number of rotatable bonds is 5. The Morgan fingerprint density at radius 2 is 1.85 bits per heavy atom. The van der Waals surface area contributed by atoms with Crippen molar-refractivity contribution in [1.29, 1.82) is 0 Å². The van der Waals surface area contributed by atoms with Crippen LogP contribution in [0.5, 0.6) is 0 Å². The molecule has 0 bridgehead atoms. The minimum absolute atomic E-state index is 0.0845. The molecule has 1 fully saturated rings. The molecule has 0 unspecified atom stereocenters. The zero-order valence-corrected chi connectivity index (χ0v) is 14.8. The number of esters is 1. The van der Waals surface area contributed by atoms with E-state index in [2.05, 4.69) is 10.2 Å². The molecule has 1 aromatic heterocycles. The highest BCUT2D eigenvalue weighted by Gasteiger charge is 2.21. The smallest absolute Gasteiger partial charge is 0.338 e. The third-order valence-corrected chi connectivity index (χ3v) is 4.30. The Kier molecular flexibility index (Phi) is 5.78. The van der Waals surface area contributed by atoms with Crippen LogP contribution in [0, 0.1) is 0 Å². The predicted octanol–water partition coefficient (Wildman–Crippen LogP) is 2.49. The van der Waals surface area contributed by atoms with Gasteiger partial charge >= 0.3 is 12.0 Å². The number of carbonyl (C=O) groups is 2. The van der Waals surface area contributed by atoms with Crippen LogP contribution in [0.4, 0.5) is 10.5 Å². The molecule has 1 aromatic carbocycles. The highest BCUT2D eigenvalue weighted by molar-refractivity contribution is 5.89. The lowest BCUT2D eigenvalue weighted by atomic mass is 10.2. The number of urea groups is 1. The standard InChI is InChI=1S/C19H23N3O4/c1-2-25-18(23)15-5-7-16(8-6-15)21-9-11-22(12-10-21)19(24)20-14-17-4-3-13-26-17/h3-8,13H,2,9-12,14H2,1H3,(H,20,24). The maximum Gasteiger partial charge on any atom is 0.338 e. The Labute approximate surface area is 152 Å². The van der Waals surface area contributed by atoms with Crippen LogP contribution in [-0.4, -0.2) is 49.7 Å². The summed E-state index contributed by atoms with van der Waals surface area (Å²) in [6, 6.07) is 10.9. The van der Waals surface area contributed by atoms with Gasteiger partial charge in [-0.25, -0.2) is 9.59 Å². The summed E-state index contributed by atoms with van der Waals surface area (Å²) in [4.78, 5) is 27.9. The topological polar surface area (TPSA) is 75.0 Å². The average Bonchev–Trinajstić information content (AvgIpc) is 3.20. The maximum absolute atomic E-state index is 12.2. The van der Waals surface area contributed by atoms with Gasteiger partial charge in [0.15, 0.2) is 0 Å². The number of hydrogen-bond acceptors (Lipinski definition) is 5. The molecule has 0 saturated carbocycles. The summed E-state index contributed by atoms with van der Waals surface area (Å²) in [5, 5.41) is 2.86. The predicted molar refractivity (Wildman–Crippen MR) is 97.1 cm³/mol. The first-order valence-corrected chi connectivity index (χ1v) is 8.74. The maximum atomic E-state index is 12.2. The highest BCUT2D eigenvalue weighted by Crippen LogP contribution is 2.18. The van der Waals surface area contributed by atoms with Gasteiger partial charge in [-0.15, -0.1) is 0 Å². The van der Waals surface area contributed by atoms with Crippen LogP contribution in [0.2, 0.25) is 0 Å². The summed E-state index contributed by atoms with van der Waals surface area (Å²) in [7, 11) is 0. The summed E-state index contributed by atoms with van der Waals surface area (Å²) >= 11 is 0. The van der Waals surface area contributed by atoms with E-state index in [-0.39, 0.29) is 12.0 Å². The van der Waals surface area contributed by atoms with Crippen LogP contribution in [0.1, 0.15) is 23.0 Å². The van der Waals surface area contributed by atoms with E-state index in [9.17, 15) is 9.59 Å². The normalized spacial score (nSPS) is 14.2. The van der Waals surface area contributed by atoms with Crippen molar-refractivity contribution in [3.05, 3.63) is 54.0 Å². The molecule has 0 aliphatic carbocycles. The Hall–Kier alpha value is -2.96. The lowest BCUT2D eigenvalue weighted by molar-refractivity contribution is 0.0526. The molecule has 0 atom stereocenters. The number of carbonyl (C=O) groups excluding carboxylic acids is 2. The molecule has 26 heavy (non-hydrogen) atoms. The van der Waals surface area contributed by atoms with E-state index in [1.54, 1.807) is 36.3 Å². The van der Waals surface area contributed by atoms with Gasteiger partial charge in [-0.1, -0.05) is 0 Å². The molecule has 1 aliphatic rings. The van der Waals surface area contributed by atoms with Crippen molar-refractivity contribution in [3.63, 3.8) is 0 Å². The van der Waals surface area contributed by atoms with Crippen molar-refractivity contribution < 1.29 is 18.7 Å². The summed E-state index contributed by atoms with van der Waals surface area (Å²) < 4.78 is 10.2. The summed E-state index contributed by atoms with van der Waals surface area (Å²) in [5.41, 5.74) is 1.58. The Balaban J connectivity index is 1.48. The average molecular weight is 357 g/mol. The third kappa shape index (κ3) is 4.36. The second kappa shape index (κ2) is 8.42. The van der Waals surface area contributed by atoms with Gasteiger partial charge in [0.1, 0.15) is 5.76 Å². The summed E-state index contributed by atoms with van der Waals surface area (Å²) in [6.45, 7) is 5.31. The number of amides is 2. The van der Waals surface area contributed by atoms with Crippen molar-refractivity contribution in [1.82, 2.24) is 10.2 Å². The third-order valence-electron chi connectivity index (χ3n) is 4.30. The first-order valence-electron chi connectivity index (χ1n) is 8.74. The minimum atomic E-state index is -0.308. The van der Waals surface area contributed by atoms with E-state index in [0.717, 1.165) is 24.5 Å². The molecule has 2 heterocycles. The Morgan fingerprint density at radius 3 is 2.46 bits per heavy atom. The van der Waals surface area contributed by atoms with Crippen LogP contribution in [-0.2, 0) is 11.3 Å². The van der Waals surface area contributed by atoms with Crippen LogP contribution in [0.25, 0.3) is 0 Å². The number of piperazine rings is 1. The van der Waals surface area contributed by atoms with Crippen LogP contribution in [0.3, 0.4) is 0 Å². The van der Waals surface area contributed by atoms with Gasteiger partial charge in [-0.2, -0.15) is 0 Å². The number of benzene rings is 1. The SMILES string of the molecule is CCOC(=O)c1ccc(N2CCN(C(=O)NCc3ccco3)CC2)cc1. The van der Waals surface area contributed by atoms with Crippen LogP contribution in [0.15, 0.2) is 47.1 Å². The monoisotopic (exact) mass is 357 g/mol. The molecule has 2 aromatic rings. The van der Waals surface area contributed by atoms with Crippen molar-refractivity contribution in [2.45, 2.75) is 13.5 Å². The van der Waals surface area contributed by atoms with Gasteiger partial charge in [0.2, 0.25) is 0 Å². The quantitative estimate of drug-likeness (QED) is 0.832. The van der Waals surface area contributed by atoms with Crippen molar-refractivity contribution >= 4 is 17.7 Å². The number of ether oxygens (including phenoxy) is 1. The zero-order chi connectivity index (χ0) is 18.4. The summed E-state index contributed by atoms with van der Waals surface area (Å²) in [6.07, 6.45) is 1.59. The lowest BCUT2D eigenvalue weighted by Gasteiger charge is -2.36. The lowest BCUT2D eigenvalue weighted by Crippen LogP contribution is -2.51. The van der Waals surface area contributed by atoms with Gasteiger partial charge in [0.25, 0.3) is 0 Å². The molecular weight excluding hydrogens is 334 g/mol. The van der Waals surface area contributed by atoms with Gasteiger partial charge in [0, 0.05) is 31.9 Å². The molecule has 138 valence electrons. The van der Waals surface area contributed by atoms with Crippen molar-refractivity contribution in [2.75, 3.05) is 37.7 Å². The fraction of sp³-hybridized carbons (Fsp3) is 0.368. The van der Waals surface area contributed by atoms with Crippen molar-refractivity contribution in [2.24, 2.45) is 0 Å². The van der Waals surface area contributed by atoms with E-state index in [0.29, 0.717) is 31.8 Å². The molecule has 7 heteroatoms. The number of furan rings is 1. The van der Waals surface area contributed by atoms with Gasteiger partial charge in [-0.3, -0.25) is 0 Å². The first-order chi connectivity index (χ1) is 12.7. The molecule has 1 saturated heterocycles. The number of hydrogen-bond donors (Lipinski definition) is 1. The second-order valence-electron chi connectivity index (χ2n) is 5.98. The molecule has 1 N–H and O–H groups in total. The largest absolute Gasteiger partial charge is 0.467 e. The fourth-order valence-corrected chi connectivity index (χ4v) is 2.88. The van der Waals surface area contributed by atoms with E-state index in [1.165, 1.54) is 0 Å². The molecule has 2 amide bonds. The number of nitrogens with zero attached hydrogens (tertiary/aromatic N) is 2. The number of nitrogens with one attached hydrogen (secondary N) is 1. The van der Waals surface area contributed by atoms with Crippen molar-refractivity contribution in [3.8, 4) is 0 Å².